The van der Waals surface area contributed by atoms with Crippen molar-refractivity contribution in [2.24, 2.45) is 5.90 Å². The fourth-order valence-electron chi connectivity index (χ4n) is 0.739. The Bertz CT molecular complexity index is 152. The average Bonchev–Trinajstić information content (AvgIpc) is 2.04. The molecule has 0 aromatic rings. The van der Waals surface area contributed by atoms with Crippen molar-refractivity contribution >= 4 is 7.82 Å². The van der Waals surface area contributed by atoms with E-state index >= 15 is 0 Å². The van der Waals surface area contributed by atoms with E-state index in [0.717, 1.165) is 25.7 Å². The van der Waals surface area contributed by atoms with Crippen LogP contribution in [0.2, 0.25) is 0 Å². The second-order valence-electron chi connectivity index (χ2n) is 2.47. The van der Waals surface area contributed by atoms with E-state index in [2.05, 4.69) is 22.0 Å². The number of unbranched alkanes of at least 4 members (excludes halogenated alkanes) is 3. The van der Waals surface area contributed by atoms with Gasteiger partial charge in [0.15, 0.2) is 0 Å². The van der Waals surface area contributed by atoms with Crippen molar-refractivity contribution in [1.29, 1.82) is 0 Å². The summed E-state index contributed by atoms with van der Waals surface area (Å²) in [6.07, 6.45) is 3.95. The first-order valence-electron chi connectivity index (χ1n) is 3.98. The van der Waals surface area contributed by atoms with Crippen LogP contribution in [-0.2, 0) is 13.7 Å². The molecule has 0 saturated carbocycles. The Hall–Kier alpha value is 0.0700. The molecule has 0 aromatic heterocycles. The number of hydrogen-bond donors (Lipinski definition) is 2. The molecule has 1 radical (unpaired) electrons. The minimum absolute atomic E-state index is 0.213. The minimum atomic E-state index is -3.94. The van der Waals surface area contributed by atoms with Gasteiger partial charge in [0.2, 0.25) is 6.61 Å². The van der Waals surface area contributed by atoms with E-state index < -0.39 is 7.82 Å². The molecule has 0 spiro atoms. The molecule has 0 rings (SSSR count). The summed E-state index contributed by atoms with van der Waals surface area (Å²) in [6, 6.07) is 0. The van der Waals surface area contributed by atoms with Gasteiger partial charge >= 0.3 is 7.82 Å². The molecule has 12 heavy (non-hydrogen) atoms. The summed E-state index contributed by atoms with van der Waals surface area (Å²) in [7, 11) is -3.94. The van der Waals surface area contributed by atoms with E-state index in [9.17, 15) is 4.57 Å². The molecular formula is C6H16NO4P+. The van der Waals surface area contributed by atoms with Crippen molar-refractivity contribution in [3.63, 3.8) is 0 Å². The zero-order chi connectivity index (χ0) is 9.45. The van der Waals surface area contributed by atoms with Crippen LogP contribution < -0.4 is 5.90 Å². The maximum atomic E-state index is 10.6. The topological polar surface area (TPSA) is 83.8 Å². The van der Waals surface area contributed by atoms with Crippen LogP contribution in [0.3, 0.4) is 0 Å². The van der Waals surface area contributed by atoms with Crippen LogP contribution in [0, 0.1) is 0 Å². The molecule has 0 heterocycles. The van der Waals surface area contributed by atoms with Gasteiger partial charge < -0.3 is 0 Å². The van der Waals surface area contributed by atoms with Gasteiger partial charge in [0.1, 0.15) is 0 Å². The summed E-state index contributed by atoms with van der Waals surface area (Å²) in [6.45, 7) is 2.30. The van der Waals surface area contributed by atoms with Crippen molar-refractivity contribution in [2.45, 2.75) is 32.6 Å². The molecule has 0 fully saturated rings. The molecule has 0 aromatic carbocycles. The number of phosphoric ester groups is 1. The number of nitrogens with two attached hydrogens (primary N) is 1. The lowest BCUT2D eigenvalue weighted by atomic mass is 10.2. The van der Waals surface area contributed by atoms with Crippen molar-refractivity contribution in [3.05, 3.63) is 0 Å². The molecule has 0 aliphatic carbocycles. The van der Waals surface area contributed by atoms with Crippen LogP contribution in [0.1, 0.15) is 32.6 Å². The normalized spacial score (nSPS) is 15.9. The molecule has 5 nitrogen and oxygen atoms in total. The first kappa shape index (κ1) is 12.1. The van der Waals surface area contributed by atoms with Gasteiger partial charge in [-0.05, 0) is 6.42 Å². The SMILES string of the molecule is CCCCCC[O+]P(=O)(O)ON. The predicted octanol–water partition coefficient (Wildman–Crippen LogP) is 1.57. The molecule has 0 amide bonds. The van der Waals surface area contributed by atoms with Crippen molar-refractivity contribution < 1.29 is 18.6 Å². The lowest BCUT2D eigenvalue weighted by molar-refractivity contribution is 0.149. The maximum Gasteiger partial charge on any atom is 0.723 e. The molecule has 0 aliphatic rings. The molecule has 0 aliphatic heterocycles. The van der Waals surface area contributed by atoms with Gasteiger partial charge in [0, 0.05) is 6.42 Å². The van der Waals surface area contributed by atoms with Crippen molar-refractivity contribution in [3.8, 4) is 0 Å². The molecule has 0 saturated heterocycles. The van der Waals surface area contributed by atoms with Crippen LogP contribution in [0.5, 0.6) is 0 Å². The second kappa shape index (κ2) is 6.57. The number of rotatable bonds is 7. The zero-order valence-electron chi connectivity index (χ0n) is 7.23. The highest BCUT2D eigenvalue weighted by Crippen LogP contribution is 2.40. The summed E-state index contributed by atoms with van der Waals surface area (Å²) in [4.78, 5) is 8.67. The van der Waals surface area contributed by atoms with Crippen LogP contribution >= 0.6 is 7.82 Å². The van der Waals surface area contributed by atoms with Crippen molar-refractivity contribution in [1.82, 2.24) is 0 Å². The first-order valence-corrected chi connectivity index (χ1v) is 5.47. The van der Waals surface area contributed by atoms with Crippen LogP contribution in [0.4, 0.5) is 0 Å². The molecule has 0 bridgehead atoms. The fraction of sp³-hybridized carbons (Fsp3) is 1.00. The first-order chi connectivity index (χ1) is 5.62. The highest BCUT2D eigenvalue weighted by molar-refractivity contribution is 7.47. The summed E-state index contributed by atoms with van der Waals surface area (Å²) < 4.78 is 18.8. The van der Waals surface area contributed by atoms with Gasteiger partial charge in [0.05, 0.1) is 0 Å². The lowest BCUT2D eigenvalue weighted by Gasteiger charge is -1.94. The van der Waals surface area contributed by atoms with Gasteiger partial charge in [-0.15, -0.1) is 0 Å². The van der Waals surface area contributed by atoms with Gasteiger partial charge in [-0.3, -0.25) is 4.89 Å². The minimum Gasteiger partial charge on any atom is -0.255 e. The Balaban J connectivity index is 3.25. The van der Waals surface area contributed by atoms with E-state index in [0.29, 0.717) is 0 Å². The monoisotopic (exact) mass is 197 g/mol. The van der Waals surface area contributed by atoms with Crippen molar-refractivity contribution in [2.75, 3.05) is 6.61 Å². The lowest BCUT2D eigenvalue weighted by Crippen LogP contribution is -2.01. The number of phosphoric acid groups is 1. The molecule has 1 unspecified atom stereocenters. The fourth-order valence-corrected chi connectivity index (χ4v) is 1.16. The zero-order valence-corrected chi connectivity index (χ0v) is 8.13. The molecular weight excluding hydrogens is 181 g/mol. The second-order valence-corrected chi connectivity index (χ2v) is 3.87. The van der Waals surface area contributed by atoms with Crippen LogP contribution in [0.25, 0.3) is 0 Å². The quantitative estimate of drug-likeness (QED) is 0.280. The van der Waals surface area contributed by atoms with E-state index in [1.807, 2.05) is 0 Å². The Morgan fingerprint density at radius 2 is 2.17 bits per heavy atom. The van der Waals surface area contributed by atoms with E-state index in [4.69, 9.17) is 4.89 Å². The van der Waals surface area contributed by atoms with Gasteiger partial charge in [-0.2, -0.15) is 9.19 Å². The average molecular weight is 197 g/mol. The summed E-state index contributed by atoms with van der Waals surface area (Å²) >= 11 is 0. The third-order valence-electron chi connectivity index (χ3n) is 1.39. The van der Waals surface area contributed by atoms with Gasteiger partial charge in [0.25, 0.3) is 0 Å². The predicted molar refractivity (Wildman–Crippen MR) is 45.2 cm³/mol. The Morgan fingerprint density at radius 1 is 1.50 bits per heavy atom. The maximum absolute atomic E-state index is 10.6. The standard InChI is InChI=1S/C6H16NO4P/c1-2-3-4-5-6-10-12(8,9)11-7/h2-7H2,1H3,(H,8,9)/q+1. The van der Waals surface area contributed by atoms with E-state index in [1.165, 1.54) is 0 Å². The Kier molecular flexibility index (Phi) is 6.61. The van der Waals surface area contributed by atoms with Crippen LogP contribution in [0.15, 0.2) is 0 Å². The Morgan fingerprint density at radius 3 is 2.67 bits per heavy atom. The summed E-state index contributed by atoms with van der Waals surface area (Å²) in [5.41, 5.74) is 0. The smallest absolute Gasteiger partial charge is 0.255 e. The Labute approximate surface area is 72.4 Å². The van der Waals surface area contributed by atoms with Gasteiger partial charge in [-0.1, -0.05) is 24.3 Å². The molecule has 1 atom stereocenters. The molecule has 6 heteroatoms. The third-order valence-corrected chi connectivity index (χ3v) is 2.16. The van der Waals surface area contributed by atoms with Gasteiger partial charge in [-0.25, -0.2) is 5.90 Å². The molecule has 3 N–H and O–H groups in total. The van der Waals surface area contributed by atoms with E-state index in [-0.39, 0.29) is 6.61 Å². The number of hydrogen-bond acceptors (Lipinski definition) is 4. The third kappa shape index (κ3) is 6.76. The highest BCUT2D eigenvalue weighted by Gasteiger charge is 2.35. The van der Waals surface area contributed by atoms with E-state index in [1.54, 1.807) is 0 Å². The van der Waals surface area contributed by atoms with Crippen LogP contribution in [-0.4, -0.2) is 11.5 Å². The largest absolute Gasteiger partial charge is 0.723 e. The molecule has 73 valence electrons. The summed E-state index contributed by atoms with van der Waals surface area (Å²) in [5, 5.41) is 0. The summed E-state index contributed by atoms with van der Waals surface area (Å²) in [5.74, 6) is 4.51. The highest BCUT2D eigenvalue weighted by atomic mass is 31.2.